The van der Waals surface area contributed by atoms with Gasteiger partial charge >= 0.3 is 0 Å². The van der Waals surface area contributed by atoms with Gasteiger partial charge in [0.05, 0.1) is 30.2 Å². The first kappa shape index (κ1) is 22.1. The monoisotopic (exact) mass is 473 g/mol. The fraction of sp³-hybridized carbons (Fsp3) is 0.407. The van der Waals surface area contributed by atoms with Gasteiger partial charge in [0.1, 0.15) is 12.7 Å². The molecule has 0 bridgehead atoms. The summed E-state index contributed by atoms with van der Waals surface area (Å²) in [6.07, 6.45) is 0.537. The summed E-state index contributed by atoms with van der Waals surface area (Å²) in [7, 11) is 2.04. The van der Waals surface area contributed by atoms with Gasteiger partial charge in [0.25, 0.3) is 5.91 Å². The minimum Gasteiger partial charge on any atom is -0.379 e. The quantitative estimate of drug-likeness (QED) is 0.616. The van der Waals surface area contributed by atoms with E-state index in [2.05, 4.69) is 31.8 Å². The molecule has 1 unspecified atom stereocenters. The average Bonchev–Trinajstić information content (AvgIpc) is 3.21. The fourth-order valence-corrected chi connectivity index (χ4v) is 5.86. The van der Waals surface area contributed by atoms with Crippen LogP contribution in [0.4, 0.5) is 5.69 Å². The molecule has 3 aliphatic rings. The van der Waals surface area contributed by atoms with Gasteiger partial charge in [-0.25, -0.2) is 0 Å². The Morgan fingerprint density at radius 1 is 1.06 bits per heavy atom. The smallest absolute Gasteiger partial charge is 0.257 e. The van der Waals surface area contributed by atoms with Crippen LogP contribution in [0.5, 0.6) is 0 Å². The number of amides is 2. The van der Waals surface area contributed by atoms with Crippen LogP contribution in [0, 0.1) is 0 Å². The molecule has 1 fully saturated rings. The van der Waals surface area contributed by atoms with Gasteiger partial charge in [-0.1, -0.05) is 30.3 Å². The van der Waals surface area contributed by atoms with Crippen LogP contribution in [0.1, 0.15) is 27.8 Å². The Morgan fingerprint density at radius 2 is 1.83 bits per heavy atom. The van der Waals surface area contributed by atoms with Crippen LogP contribution >= 0.6 is 0 Å². The number of carbonyl (C=O) groups is 2. The number of morpholine rings is 1. The zero-order valence-electron chi connectivity index (χ0n) is 20.1. The number of ether oxygens (including phenoxy) is 1. The molecule has 35 heavy (non-hydrogen) atoms. The van der Waals surface area contributed by atoms with Crippen molar-refractivity contribution >= 4 is 28.4 Å². The first-order valence-corrected chi connectivity index (χ1v) is 12.4. The maximum absolute atomic E-state index is 13.4. The van der Waals surface area contributed by atoms with Crippen LogP contribution in [0.25, 0.3) is 10.9 Å². The van der Waals surface area contributed by atoms with E-state index in [4.69, 9.17) is 4.74 Å². The van der Waals surface area contributed by atoms with E-state index in [1.165, 1.54) is 10.9 Å². The molecule has 4 heterocycles. The van der Waals surface area contributed by atoms with Gasteiger partial charge in [-0.05, 0) is 30.2 Å². The van der Waals surface area contributed by atoms with Crippen LogP contribution in [0.2, 0.25) is 0 Å². The Labute approximate surface area is 205 Å². The molecule has 3 aromatic rings. The maximum atomic E-state index is 13.4. The number of anilines is 1. The van der Waals surface area contributed by atoms with Crippen molar-refractivity contribution in [1.82, 2.24) is 19.7 Å². The number of carbonyl (C=O) groups excluding carboxylic acids is 2. The van der Waals surface area contributed by atoms with Gasteiger partial charge in [-0.2, -0.15) is 0 Å². The molecule has 0 radical (unpaired) electrons. The Balaban J connectivity index is 1.32. The summed E-state index contributed by atoms with van der Waals surface area (Å²) in [4.78, 5) is 33.0. The van der Waals surface area contributed by atoms with E-state index in [0.29, 0.717) is 13.1 Å². The number of nitrogens with one attached hydrogen (secondary N) is 1. The second-order valence-electron chi connectivity index (χ2n) is 9.52. The van der Waals surface area contributed by atoms with E-state index in [1.54, 1.807) is 0 Å². The normalized spacial score (nSPS) is 19.9. The molecule has 8 nitrogen and oxygen atoms in total. The lowest BCUT2D eigenvalue weighted by atomic mass is 9.96. The molecule has 0 spiro atoms. The zero-order chi connectivity index (χ0) is 23.9. The predicted octanol–water partition coefficient (Wildman–Crippen LogP) is 2.24. The lowest BCUT2D eigenvalue weighted by molar-refractivity contribution is -0.121. The van der Waals surface area contributed by atoms with Gasteiger partial charge < -0.3 is 24.4 Å². The third-order valence-electron chi connectivity index (χ3n) is 7.56. The summed E-state index contributed by atoms with van der Waals surface area (Å²) in [5.74, 6) is 0.0465. The van der Waals surface area contributed by atoms with Crippen molar-refractivity contribution in [2.45, 2.75) is 19.1 Å². The second kappa shape index (κ2) is 9.02. The highest BCUT2D eigenvalue weighted by molar-refractivity contribution is 6.02. The molecule has 3 aliphatic heterocycles. The molecule has 1 atom stereocenters. The molecule has 1 saturated heterocycles. The lowest BCUT2D eigenvalue weighted by Crippen LogP contribution is -2.51. The van der Waals surface area contributed by atoms with Crippen molar-refractivity contribution < 1.29 is 14.3 Å². The number of hydrogen-bond donors (Lipinski definition) is 1. The summed E-state index contributed by atoms with van der Waals surface area (Å²) in [6, 6.07) is 16.1. The second-order valence-corrected chi connectivity index (χ2v) is 9.52. The molecule has 8 heteroatoms. The summed E-state index contributed by atoms with van der Waals surface area (Å²) < 4.78 is 7.54. The van der Waals surface area contributed by atoms with Crippen molar-refractivity contribution in [1.29, 1.82) is 0 Å². The minimum atomic E-state index is -0.241. The lowest BCUT2D eigenvalue weighted by Gasteiger charge is -2.46. The largest absolute Gasteiger partial charge is 0.379 e. The topological polar surface area (TPSA) is 70.1 Å². The SMILES string of the molecule is CN1c2ccccc2C(=O)N2CCc3c(n(CC(=O)NCCN4CCOCC4)c4ccccc34)C21. The number of fused-ring (bicyclic) bond motifs is 6. The Kier molecular flexibility index (Phi) is 5.70. The van der Waals surface area contributed by atoms with Crippen molar-refractivity contribution in [2.24, 2.45) is 0 Å². The molecular weight excluding hydrogens is 442 g/mol. The van der Waals surface area contributed by atoms with E-state index in [9.17, 15) is 9.59 Å². The number of benzene rings is 2. The summed E-state index contributed by atoms with van der Waals surface area (Å²) in [5, 5.41) is 4.28. The van der Waals surface area contributed by atoms with Gasteiger partial charge in [0, 0.05) is 50.7 Å². The molecule has 0 aliphatic carbocycles. The summed E-state index contributed by atoms with van der Waals surface area (Å²) >= 11 is 0. The molecule has 6 rings (SSSR count). The van der Waals surface area contributed by atoms with Gasteiger partial charge in [0.15, 0.2) is 0 Å². The van der Waals surface area contributed by atoms with Crippen molar-refractivity contribution in [3.05, 3.63) is 65.4 Å². The van der Waals surface area contributed by atoms with Crippen molar-refractivity contribution in [2.75, 3.05) is 57.9 Å². The first-order valence-electron chi connectivity index (χ1n) is 12.4. The standard InChI is InChI=1S/C27H31N5O3/c1-29-22-8-4-3-7-21(22)27(34)31-12-10-20-19-6-2-5-9-23(19)32(25(20)26(29)31)18-24(33)28-11-13-30-14-16-35-17-15-30/h2-9,26H,10-18H2,1H3,(H,28,33). The highest BCUT2D eigenvalue weighted by atomic mass is 16.5. The van der Waals surface area contributed by atoms with Crippen LogP contribution < -0.4 is 10.2 Å². The summed E-state index contributed by atoms with van der Waals surface area (Å²) in [6.45, 7) is 5.65. The van der Waals surface area contributed by atoms with Crippen LogP contribution in [-0.4, -0.2) is 79.2 Å². The molecule has 1 N–H and O–H groups in total. The Hall–Kier alpha value is -3.36. The molecule has 2 aromatic carbocycles. The van der Waals surface area contributed by atoms with Gasteiger partial charge in [-0.15, -0.1) is 0 Å². The van der Waals surface area contributed by atoms with E-state index < -0.39 is 0 Å². The van der Waals surface area contributed by atoms with Crippen LogP contribution in [0.3, 0.4) is 0 Å². The van der Waals surface area contributed by atoms with Gasteiger partial charge in [0.2, 0.25) is 5.91 Å². The minimum absolute atomic E-state index is 0.0101. The average molecular weight is 474 g/mol. The third-order valence-corrected chi connectivity index (χ3v) is 7.56. The highest BCUT2D eigenvalue weighted by Crippen LogP contribution is 2.44. The number of nitrogens with zero attached hydrogens (tertiary/aromatic N) is 4. The molecule has 2 amide bonds. The molecular formula is C27H31N5O3. The van der Waals surface area contributed by atoms with E-state index >= 15 is 0 Å². The zero-order valence-corrected chi connectivity index (χ0v) is 20.1. The number of aromatic nitrogens is 1. The molecule has 182 valence electrons. The summed E-state index contributed by atoms with van der Waals surface area (Å²) in [5.41, 5.74) is 4.99. The molecule has 0 saturated carbocycles. The van der Waals surface area contributed by atoms with E-state index in [0.717, 1.165) is 61.7 Å². The Morgan fingerprint density at radius 3 is 2.69 bits per heavy atom. The van der Waals surface area contributed by atoms with Crippen molar-refractivity contribution in [3.63, 3.8) is 0 Å². The van der Waals surface area contributed by atoms with Crippen LogP contribution in [-0.2, 0) is 22.5 Å². The van der Waals surface area contributed by atoms with Gasteiger partial charge in [-0.3, -0.25) is 14.5 Å². The van der Waals surface area contributed by atoms with Crippen LogP contribution in [0.15, 0.2) is 48.5 Å². The predicted molar refractivity (Wildman–Crippen MR) is 135 cm³/mol. The maximum Gasteiger partial charge on any atom is 0.257 e. The number of hydrogen-bond acceptors (Lipinski definition) is 5. The highest BCUT2D eigenvalue weighted by Gasteiger charge is 2.42. The molecule has 1 aromatic heterocycles. The van der Waals surface area contributed by atoms with Crippen molar-refractivity contribution in [3.8, 4) is 0 Å². The number of para-hydroxylation sites is 2. The van der Waals surface area contributed by atoms with E-state index in [-0.39, 0.29) is 24.5 Å². The van der Waals surface area contributed by atoms with E-state index in [1.807, 2.05) is 48.3 Å². The third kappa shape index (κ3) is 3.77. The first-order chi connectivity index (χ1) is 17.1. The number of rotatable bonds is 5. The Bertz CT molecular complexity index is 1280. The fourth-order valence-electron chi connectivity index (χ4n) is 5.86.